The predicted octanol–water partition coefficient (Wildman–Crippen LogP) is 2.06. The molecule has 1 saturated carbocycles. The summed E-state index contributed by atoms with van der Waals surface area (Å²) < 4.78 is 0. The van der Waals surface area contributed by atoms with E-state index in [1.165, 1.54) is 45.3 Å². The van der Waals surface area contributed by atoms with E-state index in [9.17, 15) is 5.11 Å². The summed E-state index contributed by atoms with van der Waals surface area (Å²) in [6, 6.07) is 0. The van der Waals surface area contributed by atoms with Gasteiger partial charge in [0.2, 0.25) is 0 Å². The number of rotatable bonds is 5. The van der Waals surface area contributed by atoms with Crippen LogP contribution in [0.4, 0.5) is 0 Å². The highest BCUT2D eigenvalue weighted by Gasteiger charge is 2.32. The van der Waals surface area contributed by atoms with Crippen LogP contribution in [-0.2, 0) is 0 Å². The van der Waals surface area contributed by atoms with Crippen LogP contribution in [0, 0.1) is 5.92 Å². The van der Waals surface area contributed by atoms with Crippen LogP contribution in [0.25, 0.3) is 0 Å². The normalized spacial score (nSPS) is 28.5. The molecular formula is C19H36N4O. The molecule has 2 saturated heterocycles. The number of aliphatic imine (C=N–C) groups is 1. The first-order chi connectivity index (χ1) is 11.7. The highest BCUT2D eigenvalue weighted by molar-refractivity contribution is 5.80. The highest BCUT2D eigenvalue weighted by Crippen LogP contribution is 2.29. The molecule has 0 aromatic rings. The third-order valence-corrected chi connectivity index (χ3v) is 5.94. The quantitative estimate of drug-likeness (QED) is 0.596. The molecule has 138 valence electrons. The van der Waals surface area contributed by atoms with Gasteiger partial charge in [-0.2, -0.15) is 0 Å². The zero-order chi connectivity index (χ0) is 16.8. The summed E-state index contributed by atoms with van der Waals surface area (Å²) in [6.07, 6.45) is 9.53. The number of nitrogens with one attached hydrogen (secondary N) is 1. The summed E-state index contributed by atoms with van der Waals surface area (Å²) in [5.74, 6) is 1.78. The number of guanidine groups is 1. The zero-order valence-corrected chi connectivity index (χ0v) is 15.5. The van der Waals surface area contributed by atoms with Crippen molar-refractivity contribution < 1.29 is 5.11 Å². The molecule has 5 nitrogen and oxygen atoms in total. The summed E-state index contributed by atoms with van der Waals surface area (Å²) >= 11 is 0. The number of hydrogen-bond acceptors (Lipinski definition) is 3. The van der Waals surface area contributed by atoms with E-state index in [0.717, 1.165) is 57.2 Å². The van der Waals surface area contributed by atoms with Crippen molar-refractivity contribution in [2.75, 3.05) is 45.8 Å². The highest BCUT2D eigenvalue weighted by atomic mass is 16.3. The molecule has 0 aromatic carbocycles. The van der Waals surface area contributed by atoms with Gasteiger partial charge in [0.25, 0.3) is 0 Å². The molecule has 2 N–H and O–H groups in total. The van der Waals surface area contributed by atoms with Gasteiger partial charge in [-0.1, -0.05) is 19.3 Å². The van der Waals surface area contributed by atoms with Gasteiger partial charge in [-0.15, -0.1) is 0 Å². The largest absolute Gasteiger partial charge is 0.388 e. The van der Waals surface area contributed by atoms with Gasteiger partial charge in [0.05, 0.1) is 12.1 Å². The zero-order valence-electron chi connectivity index (χ0n) is 15.5. The summed E-state index contributed by atoms with van der Waals surface area (Å²) in [5, 5.41) is 14.0. The Morgan fingerprint density at radius 2 is 1.88 bits per heavy atom. The van der Waals surface area contributed by atoms with Crippen LogP contribution in [0.15, 0.2) is 4.99 Å². The van der Waals surface area contributed by atoms with Crippen LogP contribution in [0.5, 0.6) is 0 Å². The molecule has 3 aliphatic rings. The summed E-state index contributed by atoms with van der Waals surface area (Å²) in [6.45, 7) is 9.62. The smallest absolute Gasteiger partial charge is 0.194 e. The van der Waals surface area contributed by atoms with Crippen LogP contribution in [0.3, 0.4) is 0 Å². The Kier molecular flexibility index (Phi) is 6.39. The lowest BCUT2D eigenvalue weighted by Gasteiger charge is -2.29. The van der Waals surface area contributed by atoms with Crippen LogP contribution >= 0.6 is 0 Å². The van der Waals surface area contributed by atoms with E-state index >= 15 is 0 Å². The Labute approximate surface area is 147 Å². The molecule has 0 radical (unpaired) electrons. The first kappa shape index (κ1) is 18.0. The van der Waals surface area contributed by atoms with Gasteiger partial charge in [-0.3, -0.25) is 4.99 Å². The minimum absolute atomic E-state index is 0.548. The summed E-state index contributed by atoms with van der Waals surface area (Å²) in [7, 11) is 0. The fourth-order valence-electron chi connectivity index (χ4n) is 4.52. The van der Waals surface area contributed by atoms with Gasteiger partial charge in [0, 0.05) is 26.2 Å². The van der Waals surface area contributed by atoms with Gasteiger partial charge < -0.3 is 20.2 Å². The first-order valence-corrected chi connectivity index (χ1v) is 10.2. The van der Waals surface area contributed by atoms with Crippen molar-refractivity contribution in [2.45, 2.75) is 63.9 Å². The minimum Gasteiger partial charge on any atom is -0.388 e. The standard InChI is InChI=1S/C19H36N4O/c1-2-20-18(21-16-19(24)9-4-5-10-19)23-13-8-17(15-23)14-22-11-6-3-7-12-22/h17,24H,2-16H2,1H3,(H,20,21). The maximum atomic E-state index is 10.6. The fourth-order valence-corrected chi connectivity index (χ4v) is 4.52. The molecular weight excluding hydrogens is 300 g/mol. The van der Waals surface area contributed by atoms with Crippen molar-refractivity contribution in [2.24, 2.45) is 10.9 Å². The Morgan fingerprint density at radius 3 is 2.58 bits per heavy atom. The third-order valence-electron chi connectivity index (χ3n) is 5.94. The summed E-state index contributed by atoms with van der Waals surface area (Å²) in [4.78, 5) is 9.87. The molecule has 3 rings (SSSR count). The molecule has 1 atom stereocenters. The van der Waals surface area contributed by atoms with Crippen molar-refractivity contribution in [1.29, 1.82) is 0 Å². The van der Waals surface area contributed by atoms with E-state index in [1.54, 1.807) is 0 Å². The third kappa shape index (κ3) is 4.85. The molecule has 0 aromatic heterocycles. The van der Waals surface area contributed by atoms with Crippen molar-refractivity contribution in [3.8, 4) is 0 Å². The molecule has 5 heteroatoms. The SMILES string of the molecule is CCNC(=NCC1(O)CCCC1)N1CCC(CN2CCCCC2)C1. The maximum absolute atomic E-state index is 10.6. The van der Waals surface area contributed by atoms with Gasteiger partial charge in [0.15, 0.2) is 5.96 Å². The molecule has 1 aliphatic carbocycles. The fraction of sp³-hybridized carbons (Fsp3) is 0.947. The van der Waals surface area contributed by atoms with Crippen LogP contribution in [0.1, 0.15) is 58.3 Å². The summed E-state index contributed by atoms with van der Waals surface area (Å²) in [5.41, 5.74) is -0.548. The van der Waals surface area contributed by atoms with Crippen molar-refractivity contribution >= 4 is 5.96 Å². The Hall–Kier alpha value is -0.810. The molecule has 1 unspecified atom stereocenters. The Balaban J connectivity index is 1.52. The minimum atomic E-state index is -0.548. The maximum Gasteiger partial charge on any atom is 0.194 e. The van der Waals surface area contributed by atoms with E-state index in [0.29, 0.717) is 6.54 Å². The van der Waals surface area contributed by atoms with E-state index in [2.05, 4.69) is 22.0 Å². The van der Waals surface area contributed by atoms with Gasteiger partial charge in [-0.05, 0) is 58.0 Å². The molecule has 0 bridgehead atoms. The van der Waals surface area contributed by atoms with Crippen LogP contribution in [-0.4, -0.2) is 72.3 Å². The first-order valence-electron chi connectivity index (χ1n) is 10.2. The van der Waals surface area contributed by atoms with Crippen molar-refractivity contribution in [3.63, 3.8) is 0 Å². The molecule has 2 heterocycles. The lowest BCUT2D eigenvalue weighted by molar-refractivity contribution is 0.0572. The number of likely N-dealkylation sites (tertiary alicyclic amines) is 2. The second kappa shape index (κ2) is 8.52. The van der Waals surface area contributed by atoms with Crippen molar-refractivity contribution in [1.82, 2.24) is 15.1 Å². The Morgan fingerprint density at radius 1 is 1.12 bits per heavy atom. The van der Waals surface area contributed by atoms with Crippen LogP contribution in [0.2, 0.25) is 0 Å². The van der Waals surface area contributed by atoms with Crippen LogP contribution < -0.4 is 5.32 Å². The average molecular weight is 337 g/mol. The monoisotopic (exact) mass is 336 g/mol. The van der Waals surface area contributed by atoms with Gasteiger partial charge >= 0.3 is 0 Å². The Bertz CT molecular complexity index is 414. The molecule has 24 heavy (non-hydrogen) atoms. The molecule has 3 fully saturated rings. The van der Waals surface area contributed by atoms with E-state index in [1.807, 2.05) is 0 Å². The second-order valence-corrected chi connectivity index (χ2v) is 8.06. The van der Waals surface area contributed by atoms with Crippen molar-refractivity contribution in [3.05, 3.63) is 0 Å². The van der Waals surface area contributed by atoms with E-state index < -0.39 is 5.60 Å². The average Bonchev–Trinajstić information content (AvgIpc) is 3.22. The lowest BCUT2D eigenvalue weighted by Crippen LogP contribution is -2.42. The number of aliphatic hydroxyl groups is 1. The molecule has 0 spiro atoms. The van der Waals surface area contributed by atoms with E-state index in [4.69, 9.17) is 4.99 Å². The predicted molar refractivity (Wildman–Crippen MR) is 99.4 cm³/mol. The second-order valence-electron chi connectivity index (χ2n) is 8.06. The number of hydrogen-bond donors (Lipinski definition) is 2. The topological polar surface area (TPSA) is 51.1 Å². The molecule has 0 amide bonds. The van der Waals surface area contributed by atoms with E-state index in [-0.39, 0.29) is 0 Å². The lowest BCUT2D eigenvalue weighted by atomic mass is 10.0. The number of nitrogens with zero attached hydrogens (tertiary/aromatic N) is 3. The van der Waals surface area contributed by atoms with Gasteiger partial charge in [0.1, 0.15) is 0 Å². The molecule has 2 aliphatic heterocycles. The number of piperidine rings is 1. The van der Waals surface area contributed by atoms with Gasteiger partial charge in [-0.25, -0.2) is 0 Å².